The first-order valence-electron chi connectivity index (χ1n) is 8.52. The summed E-state index contributed by atoms with van der Waals surface area (Å²) in [4.78, 5) is 19.0. The lowest BCUT2D eigenvalue weighted by atomic mass is 10.0. The van der Waals surface area contributed by atoms with Gasteiger partial charge in [0.05, 0.1) is 31.9 Å². The van der Waals surface area contributed by atoms with Crippen molar-refractivity contribution in [2.45, 2.75) is 45.4 Å². The van der Waals surface area contributed by atoms with Gasteiger partial charge in [-0.3, -0.25) is 9.69 Å². The van der Waals surface area contributed by atoms with Crippen LogP contribution in [0.3, 0.4) is 0 Å². The Balaban J connectivity index is 1.87. The predicted octanol–water partition coefficient (Wildman–Crippen LogP) is 2.57. The smallest absolute Gasteiger partial charge is 0.323 e. The van der Waals surface area contributed by atoms with E-state index in [1.54, 1.807) is 7.11 Å². The van der Waals surface area contributed by atoms with Crippen molar-refractivity contribution in [3.05, 3.63) is 47.5 Å². The molecule has 0 fully saturated rings. The minimum atomic E-state index is -0.310. The minimum absolute atomic E-state index is 0.210. The summed E-state index contributed by atoms with van der Waals surface area (Å²) in [5, 5.41) is 0. The number of imidazole rings is 1. The first-order chi connectivity index (χ1) is 12.0. The van der Waals surface area contributed by atoms with E-state index in [0.717, 1.165) is 17.0 Å². The fourth-order valence-electron chi connectivity index (χ4n) is 3.33. The molecule has 0 saturated carbocycles. The van der Waals surface area contributed by atoms with E-state index in [1.165, 1.54) is 12.8 Å². The first-order valence-corrected chi connectivity index (χ1v) is 8.52. The molecule has 6 nitrogen and oxygen atoms in total. The van der Waals surface area contributed by atoms with Gasteiger partial charge >= 0.3 is 5.97 Å². The number of carbonyl (C=O) groups excluding carboxylic acids is 1. The van der Waals surface area contributed by atoms with Gasteiger partial charge in [-0.25, -0.2) is 4.98 Å². The normalized spacial score (nSPS) is 17.4. The van der Waals surface area contributed by atoms with Gasteiger partial charge in [0, 0.05) is 25.6 Å². The lowest BCUT2D eigenvalue weighted by Crippen LogP contribution is -2.46. The number of aromatic nitrogens is 2. The molecule has 2 heterocycles. The summed E-state index contributed by atoms with van der Waals surface area (Å²) in [6.07, 6.45) is 2.46. The lowest BCUT2D eigenvalue weighted by molar-refractivity contribution is -0.148. The molecule has 0 N–H and O–H groups in total. The molecule has 0 bridgehead atoms. The van der Waals surface area contributed by atoms with E-state index in [1.807, 2.05) is 30.6 Å². The Morgan fingerprint density at radius 3 is 2.60 bits per heavy atom. The van der Waals surface area contributed by atoms with E-state index in [2.05, 4.69) is 28.3 Å². The zero-order chi connectivity index (χ0) is 18.0. The Morgan fingerprint density at radius 1 is 1.28 bits per heavy atom. The number of hydrogen-bond donors (Lipinski definition) is 0. The number of nitrogens with zero attached hydrogens (tertiary/aromatic N) is 3. The van der Waals surface area contributed by atoms with Crippen molar-refractivity contribution in [2.75, 3.05) is 14.2 Å². The van der Waals surface area contributed by atoms with Crippen molar-refractivity contribution in [1.29, 1.82) is 0 Å². The summed E-state index contributed by atoms with van der Waals surface area (Å²) in [5.74, 6) is 0.616. The quantitative estimate of drug-likeness (QED) is 0.781. The second-order valence-corrected chi connectivity index (χ2v) is 6.64. The average Bonchev–Trinajstić information content (AvgIpc) is 3.04. The highest BCUT2D eigenvalue weighted by Gasteiger charge is 2.35. The predicted molar refractivity (Wildman–Crippen MR) is 94.4 cm³/mol. The maximum atomic E-state index is 12.3. The summed E-state index contributed by atoms with van der Waals surface area (Å²) in [7, 11) is 3.09. The number of methoxy groups -OCH3 is 2. The zero-order valence-electron chi connectivity index (χ0n) is 15.2. The molecule has 134 valence electrons. The number of ether oxygens (including phenoxy) is 2. The number of fused-ring (bicyclic) bond motifs is 1. The van der Waals surface area contributed by atoms with Gasteiger partial charge < -0.3 is 14.0 Å². The second-order valence-electron chi connectivity index (χ2n) is 6.64. The van der Waals surface area contributed by atoms with E-state index >= 15 is 0 Å². The third-order valence-corrected chi connectivity index (χ3v) is 4.74. The summed E-state index contributed by atoms with van der Waals surface area (Å²) < 4.78 is 12.4. The molecule has 0 radical (unpaired) electrons. The standard InChI is InChI=1S/C19H25N3O3/c1-13(2)22-12-20-16-9-17(19(23)25-4)21(11-18(16)22)10-14-5-7-15(24-3)8-6-14/h5-8,12-13,17H,9-11H2,1-4H3/t17-/m0/s1. The summed E-state index contributed by atoms with van der Waals surface area (Å²) >= 11 is 0. The molecular weight excluding hydrogens is 318 g/mol. The highest BCUT2D eigenvalue weighted by molar-refractivity contribution is 5.76. The topological polar surface area (TPSA) is 56.6 Å². The molecule has 0 aliphatic carbocycles. The fraction of sp³-hybridized carbons (Fsp3) is 0.474. The molecule has 6 heteroatoms. The lowest BCUT2D eigenvalue weighted by Gasteiger charge is -2.34. The Bertz CT molecular complexity index is 737. The minimum Gasteiger partial charge on any atom is -0.497 e. The number of carbonyl (C=O) groups is 1. The van der Waals surface area contributed by atoms with Crippen LogP contribution in [0.2, 0.25) is 0 Å². The van der Waals surface area contributed by atoms with Gasteiger partial charge in [0.25, 0.3) is 0 Å². The molecule has 1 aromatic heterocycles. The summed E-state index contributed by atoms with van der Waals surface area (Å²) in [5.41, 5.74) is 3.31. The van der Waals surface area contributed by atoms with Crippen molar-refractivity contribution in [2.24, 2.45) is 0 Å². The largest absolute Gasteiger partial charge is 0.497 e. The van der Waals surface area contributed by atoms with Crippen LogP contribution in [0.15, 0.2) is 30.6 Å². The van der Waals surface area contributed by atoms with Crippen LogP contribution in [0.1, 0.15) is 36.8 Å². The van der Waals surface area contributed by atoms with Crippen LogP contribution in [-0.2, 0) is 29.0 Å². The Hall–Kier alpha value is -2.34. The van der Waals surface area contributed by atoms with Crippen LogP contribution >= 0.6 is 0 Å². The van der Waals surface area contributed by atoms with E-state index in [0.29, 0.717) is 25.6 Å². The van der Waals surface area contributed by atoms with Gasteiger partial charge in [-0.15, -0.1) is 0 Å². The molecule has 0 saturated heterocycles. The van der Waals surface area contributed by atoms with Crippen molar-refractivity contribution in [3.8, 4) is 5.75 Å². The van der Waals surface area contributed by atoms with Gasteiger partial charge in [-0.1, -0.05) is 12.1 Å². The maximum Gasteiger partial charge on any atom is 0.323 e. The fourth-order valence-corrected chi connectivity index (χ4v) is 3.33. The molecular formula is C19H25N3O3. The van der Waals surface area contributed by atoms with E-state index in [-0.39, 0.29) is 12.0 Å². The molecule has 3 rings (SSSR count). The molecule has 0 spiro atoms. The molecule has 1 aliphatic heterocycles. The molecule has 1 aliphatic rings. The number of hydrogen-bond acceptors (Lipinski definition) is 5. The summed E-state index contributed by atoms with van der Waals surface area (Å²) in [6.45, 7) is 5.64. The monoisotopic (exact) mass is 343 g/mol. The number of rotatable bonds is 5. The van der Waals surface area contributed by atoms with Gasteiger partial charge in [-0.05, 0) is 31.5 Å². The zero-order valence-corrected chi connectivity index (χ0v) is 15.2. The second kappa shape index (κ2) is 7.27. The van der Waals surface area contributed by atoms with E-state index in [4.69, 9.17) is 9.47 Å². The molecule has 2 aromatic rings. The van der Waals surface area contributed by atoms with Crippen LogP contribution in [0.5, 0.6) is 5.75 Å². The van der Waals surface area contributed by atoms with Gasteiger partial charge in [0.15, 0.2) is 0 Å². The number of benzene rings is 1. The highest BCUT2D eigenvalue weighted by atomic mass is 16.5. The van der Waals surface area contributed by atoms with E-state index in [9.17, 15) is 4.79 Å². The molecule has 1 atom stereocenters. The van der Waals surface area contributed by atoms with Crippen LogP contribution in [0, 0.1) is 0 Å². The first kappa shape index (κ1) is 17.5. The summed E-state index contributed by atoms with van der Waals surface area (Å²) in [6, 6.07) is 7.97. The van der Waals surface area contributed by atoms with Crippen molar-refractivity contribution < 1.29 is 14.3 Å². The molecule has 25 heavy (non-hydrogen) atoms. The van der Waals surface area contributed by atoms with Gasteiger partial charge in [-0.2, -0.15) is 0 Å². The average molecular weight is 343 g/mol. The maximum absolute atomic E-state index is 12.3. The van der Waals surface area contributed by atoms with Crippen LogP contribution in [-0.4, -0.2) is 40.7 Å². The van der Waals surface area contributed by atoms with Crippen LogP contribution in [0.25, 0.3) is 0 Å². The number of esters is 1. The molecule has 0 unspecified atom stereocenters. The van der Waals surface area contributed by atoms with Crippen molar-refractivity contribution in [3.63, 3.8) is 0 Å². The highest BCUT2D eigenvalue weighted by Crippen LogP contribution is 2.27. The van der Waals surface area contributed by atoms with Gasteiger partial charge in [0.1, 0.15) is 11.8 Å². The molecule has 1 aromatic carbocycles. The third kappa shape index (κ3) is 3.54. The Morgan fingerprint density at radius 2 is 2.00 bits per heavy atom. The SMILES string of the molecule is COC(=O)[C@@H]1Cc2ncn(C(C)C)c2CN1Cc1ccc(OC)cc1. The van der Waals surface area contributed by atoms with Crippen LogP contribution in [0.4, 0.5) is 0 Å². The van der Waals surface area contributed by atoms with Crippen molar-refractivity contribution in [1.82, 2.24) is 14.5 Å². The Kier molecular flexibility index (Phi) is 5.08. The third-order valence-electron chi connectivity index (χ3n) is 4.74. The van der Waals surface area contributed by atoms with E-state index < -0.39 is 0 Å². The Labute approximate surface area is 148 Å². The van der Waals surface area contributed by atoms with Crippen molar-refractivity contribution >= 4 is 5.97 Å². The van der Waals surface area contributed by atoms with Crippen LogP contribution < -0.4 is 4.74 Å². The van der Waals surface area contributed by atoms with Gasteiger partial charge in [0.2, 0.25) is 0 Å². The molecule has 0 amide bonds.